The van der Waals surface area contributed by atoms with Crippen LogP contribution < -0.4 is 10.1 Å². The normalized spacial score (nSPS) is 10.0. The molecule has 0 aliphatic rings. The maximum absolute atomic E-state index is 11.3. The van der Waals surface area contributed by atoms with Crippen LogP contribution in [-0.2, 0) is 16.0 Å². The Labute approximate surface area is 102 Å². The highest BCUT2D eigenvalue weighted by atomic mass is 16.5. The van der Waals surface area contributed by atoms with Gasteiger partial charge < -0.3 is 14.8 Å². The number of methoxy groups -OCH3 is 1. The zero-order valence-electron chi connectivity index (χ0n) is 10.4. The number of nitrogens with one attached hydrogen (secondary N) is 1. The topological polar surface area (TPSA) is 47.6 Å². The molecule has 0 atom stereocenters. The predicted octanol–water partition coefficient (Wildman–Crippen LogP) is 1.39. The molecule has 0 unspecified atom stereocenters. The van der Waals surface area contributed by atoms with Crippen molar-refractivity contribution >= 4 is 5.91 Å². The highest BCUT2D eigenvalue weighted by Crippen LogP contribution is 2.12. The molecule has 0 aliphatic carbocycles. The molecule has 1 rings (SSSR count). The van der Waals surface area contributed by atoms with Gasteiger partial charge in [-0.15, -0.1) is 0 Å². The summed E-state index contributed by atoms with van der Waals surface area (Å²) in [6.07, 6.45) is 0.787. The summed E-state index contributed by atoms with van der Waals surface area (Å²) >= 11 is 0. The Balaban J connectivity index is 2.28. The van der Waals surface area contributed by atoms with Crippen LogP contribution in [0.3, 0.4) is 0 Å². The van der Waals surface area contributed by atoms with E-state index in [0.29, 0.717) is 13.2 Å². The third kappa shape index (κ3) is 5.36. The number of carbonyl (C=O) groups excluding carboxylic acids is 1. The lowest BCUT2D eigenvalue weighted by atomic mass is 10.1. The third-order valence-electron chi connectivity index (χ3n) is 2.31. The minimum absolute atomic E-state index is 0.0743. The lowest BCUT2D eigenvalue weighted by Gasteiger charge is -2.06. The van der Waals surface area contributed by atoms with Crippen LogP contribution in [0.1, 0.15) is 12.5 Å². The number of ether oxygens (including phenoxy) is 2. The largest absolute Gasteiger partial charge is 0.497 e. The van der Waals surface area contributed by atoms with Crippen molar-refractivity contribution in [2.24, 2.45) is 0 Å². The Morgan fingerprint density at radius 1 is 1.41 bits per heavy atom. The highest BCUT2D eigenvalue weighted by Gasteiger charge is 2.00. The van der Waals surface area contributed by atoms with Crippen molar-refractivity contribution in [2.75, 3.05) is 26.9 Å². The first-order chi connectivity index (χ1) is 8.26. The second-order valence-electron chi connectivity index (χ2n) is 3.59. The Kier molecular flexibility index (Phi) is 6.10. The molecule has 1 aromatic carbocycles. The molecular weight excluding hydrogens is 218 g/mol. The van der Waals surface area contributed by atoms with Gasteiger partial charge in [0.1, 0.15) is 12.4 Å². The van der Waals surface area contributed by atoms with Crippen LogP contribution in [0.2, 0.25) is 0 Å². The van der Waals surface area contributed by atoms with Crippen LogP contribution in [0.5, 0.6) is 5.75 Å². The van der Waals surface area contributed by atoms with Crippen molar-refractivity contribution in [3.05, 3.63) is 29.8 Å². The van der Waals surface area contributed by atoms with Gasteiger partial charge >= 0.3 is 0 Å². The molecular formula is C13H19NO3. The van der Waals surface area contributed by atoms with Gasteiger partial charge in [0.2, 0.25) is 5.91 Å². The fourth-order valence-electron chi connectivity index (χ4n) is 1.42. The molecule has 0 aromatic heterocycles. The predicted molar refractivity (Wildman–Crippen MR) is 66.2 cm³/mol. The molecule has 0 aliphatic heterocycles. The Hall–Kier alpha value is -1.55. The first-order valence-electron chi connectivity index (χ1n) is 5.73. The SMILES string of the molecule is CCOCC(=O)NCCc1cccc(OC)c1. The summed E-state index contributed by atoms with van der Waals surface area (Å²) in [7, 11) is 1.64. The van der Waals surface area contributed by atoms with Gasteiger partial charge in [0, 0.05) is 13.2 Å². The van der Waals surface area contributed by atoms with E-state index in [1.54, 1.807) is 7.11 Å². The van der Waals surface area contributed by atoms with E-state index < -0.39 is 0 Å². The lowest BCUT2D eigenvalue weighted by Crippen LogP contribution is -2.29. The molecule has 1 aromatic rings. The summed E-state index contributed by atoms with van der Waals surface area (Å²) in [5, 5.41) is 2.80. The van der Waals surface area contributed by atoms with Crippen molar-refractivity contribution in [1.29, 1.82) is 0 Å². The summed E-state index contributed by atoms with van der Waals surface area (Å²) in [5.41, 5.74) is 1.14. The van der Waals surface area contributed by atoms with Crippen LogP contribution in [0, 0.1) is 0 Å². The number of benzene rings is 1. The van der Waals surface area contributed by atoms with Crippen molar-refractivity contribution < 1.29 is 14.3 Å². The molecule has 4 nitrogen and oxygen atoms in total. The van der Waals surface area contributed by atoms with Crippen molar-refractivity contribution in [1.82, 2.24) is 5.32 Å². The van der Waals surface area contributed by atoms with Crippen molar-refractivity contribution in [3.8, 4) is 5.75 Å². The molecule has 0 saturated carbocycles. The molecule has 94 valence electrons. The van der Waals surface area contributed by atoms with Gasteiger partial charge in [-0.25, -0.2) is 0 Å². The number of hydrogen-bond acceptors (Lipinski definition) is 3. The van der Waals surface area contributed by atoms with Crippen LogP contribution in [0.25, 0.3) is 0 Å². The monoisotopic (exact) mass is 237 g/mol. The molecule has 0 bridgehead atoms. The number of amides is 1. The number of carbonyl (C=O) groups is 1. The quantitative estimate of drug-likeness (QED) is 0.779. The van der Waals surface area contributed by atoms with Gasteiger partial charge in [-0.2, -0.15) is 0 Å². The molecule has 0 saturated heterocycles. The first kappa shape index (κ1) is 13.5. The number of hydrogen-bond donors (Lipinski definition) is 1. The summed E-state index contributed by atoms with van der Waals surface area (Å²) in [6.45, 7) is 3.17. The van der Waals surface area contributed by atoms with Crippen LogP contribution in [0.15, 0.2) is 24.3 Å². The molecule has 0 heterocycles. The average Bonchev–Trinajstić information content (AvgIpc) is 2.36. The Morgan fingerprint density at radius 3 is 2.94 bits per heavy atom. The lowest BCUT2D eigenvalue weighted by molar-refractivity contribution is -0.125. The van der Waals surface area contributed by atoms with E-state index in [0.717, 1.165) is 17.7 Å². The fraction of sp³-hybridized carbons (Fsp3) is 0.462. The van der Waals surface area contributed by atoms with E-state index in [9.17, 15) is 4.79 Å². The molecule has 17 heavy (non-hydrogen) atoms. The van der Waals surface area contributed by atoms with Gasteiger partial charge in [-0.05, 0) is 31.0 Å². The smallest absolute Gasteiger partial charge is 0.246 e. The van der Waals surface area contributed by atoms with E-state index in [-0.39, 0.29) is 12.5 Å². The summed E-state index contributed by atoms with van der Waals surface area (Å²) in [4.78, 5) is 11.3. The Morgan fingerprint density at radius 2 is 2.24 bits per heavy atom. The zero-order chi connectivity index (χ0) is 12.5. The third-order valence-corrected chi connectivity index (χ3v) is 2.31. The zero-order valence-corrected chi connectivity index (χ0v) is 10.4. The van der Waals surface area contributed by atoms with E-state index >= 15 is 0 Å². The van der Waals surface area contributed by atoms with E-state index in [4.69, 9.17) is 9.47 Å². The number of rotatable bonds is 7. The second kappa shape index (κ2) is 7.68. The van der Waals surface area contributed by atoms with E-state index in [2.05, 4.69) is 5.32 Å². The van der Waals surface area contributed by atoms with Crippen LogP contribution in [-0.4, -0.2) is 32.8 Å². The van der Waals surface area contributed by atoms with Gasteiger partial charge in [0.25, 0.3) is 0 Å². The Bertz CT molecular complexity index is 352. The summed E-state index contributed by atoms with van der Waals surface area (Å²) in [6, 6.07) is 7.82. The first-order valence-corrected chi connectivity index (χ1v) is 5.73. The highest BCUT2D eigenvalue weighted by molar-refractivity contribution is 5.77. The minimum Gasteiger partial charge on any atom is -0.497 e. The molecule has 4 heteroatoms. The maximum atomic E-state index is 11.3. The molecule has 0 fully saturated rings. The standard InChI is InChI=1S/C13H19NO3/c1-3-17-10-13(15)14-8-7-11-5-4-6-12(9-11)16-2/h4-6,9H,3,7-8,10H2,1-2H3,(H,14,15). The van der Waals surface area contributed by atoms with Crippen molar-refractivity contribution in [2.45, 2.75) is 13.3 Å². The molecule has 0 radical (unpaired) electrons. The second-order valence-corrected chi connectivity index (χ2v) is 3.59. The van der Waals surface area contributed by atoms with Crippen molar-refractivity contribution in [3.63, 3.8) is 0 Å². The fourth-order valence-corrected chi connectivity index (χ4v) is 1.42. The van der Waals surface area contributed by atoms with Gasteiger partial charge in [0.05, 0.1) is 7.11 Å². The molecule has 1 N–H and O–H groups in total. The summed E-state index contributed by atoms with van der Waals surface area (Å²) in [5.74, 6) is 0.762. The van der Waals surface area contributed by atoms with Crippen LogP contribution in [0.4, 0.5) is 0 Å². The summed E-state index contributed by atoms with van der Waals surface area (Å²) < 4.78 is 10.1. The van der Waals surface area contributed by atoms with E-state index in [1.807, 2.05) is 31.2 Å². The molecule has 1 amide bonds. The van der Waals surface area contributed by atoms with Gasteiger partial charge in [-0.1, -0.05) is 12.1 Å². The average molecular weight is 237 g/mol. The van der Waals surface area contributed by atoms with E-state index in [1.165, 1.54) is 0 Å². The maximum Gasteiger partial charge on any atom is 0.246 e. The van der Waals surface area contributed by atoms with Gasteiger partial charge in [-0.3, -0.25) is 4.79 Å². The minimum atomic E-state index is -0.0743. The molecule has 0 spiro atoms. The van der Waals surface area contributed by atoms with Crippen LogP contribution >= 0.6 is 0 Å². The van der Waals surface area contributed by atoms with Gasteiger partial charge in [0.15, 0.2) is 0 Å².